The molecule has 2 aromatic rings. The monoisotopic (exact) mass is 458 g/mol. The number of nitrogens with zero attached hydrogens (tertiary/aromatic N) is 2. The van der Waals surface area contributed by atoms with E-state index >= 15 is 0 Å². The maximum atomic E-state index is 9.69. The van der Waals surface area contributed by atoms with Gasteiger partial charge in [0.1, 0.15) is 11.5 Å². The summed E-state index contributed by atoms with van der Waals surface area (Å²) in [4.78, 5) is 2.22. The lowest BCUT2D eigenvalue weighted by molar-refractivity contribution is -0.560. The lowest BCUT2D eigenvalue weighted by atomic mass is 9.92. The van der Waals surface area contributed by atoms with E-state index in [1.54, 1.807) is 24.3 Å². The molecule has 0 radical (unpaired) electrons. The minimum absolute atomic E-state index is 0. The van der Waals surface area contributed by atoms with Crippen molar-refractivity contribution in [2.75, 3.05) is 13.1 Å². The first-order chi connectivity index (χ1) is 12.0. The van der Waals surface area contributed by atoms with Crippen LogP contribution in [-0.4, -0.2) is 39.1 Å². The highest BCUT2D eigenvalue weighted by atomic mass is 79.9. The van der Waals surface area contributed by atoms with E-state index in [9.17, 15) is 10.2 Å². The van der Waals surface area contributed by atoms with E-state index in [4.69, 9.17) is 23.2 Å². The zero-order valence-electron chi connectivity index (χ0n) is 14.5. The van der Waals surface area contributed by atoms with Gasteiger partial charge < -0.3 is 27.2 Å². The largest absolute Gasteiger partial charge is 1.00 e. The molecule has 3 rings (SSSR count). The zero-order chi connectivity index (χ0) is 18.1. The van der Waals surface area contributed by atoms with Gasteiger partial charge in [-0.05, 0) is 50.2 Å². The van der Waals surface area contributed by atoms with E-state index < -0.39 is 0 Å². The Bertz CT molecular complexity index is 829. The Morgan fingerprint density at radius 3 is 1.96 bits per heavy atom. The molecule has 0 saturated carbocycles. The topological polar surface area (TPSA) is 46.7 Å². The van der Waals surface area contributed by atoms with Gasteiger partial charge in [-0.25, -0.2) is 0 Å². The molecular weight excluding hydrogens is 439 g/mol. The van der Waals surface area contributed by atoms with Gasteiger partial charge in [-0.1, -0.05) is 23.2 Å². The third-order valence-corrected chi connectivity index (χ3v) is 5.30. The molecular formula is C19H21BrCl2N2O2. The van der Waals surface area contributed by atoms with Crippen molar-refractivity contribution in [2.24, 2.45) is 0 Å². The Kier molecular flexibility index (Phi) is 6.83. The maximum absolute atomic E-state index is 9.69. The van der Waals surface area contributed by atoms with Crippen LogP contribution in [0.15, 0.2) is 36.4 Å². The number of phenols is 2. The first-order valence-corrected chi connectivity index (χ1v) is 9.05. The molecule has 2 atom stereocenters. The lowest BCUT2D eigenvalue weighted by Crippen LogP contribution is -3.00. The third-order valence-electron chi connectivity index (χ3n) is 4.65. The summed E-state index contributed by atoms with van der Waals surface area (Å²) in [6, 6.07) is 10.1. The molecule has 1 aliphatic heterocycles. The Morgan fingerprint density at radius 1 is 0.962 bits per heavy atom. The summed E-state index contributed by atoms with van der Waals surface area (Å²) in [5.41, 5.74) is 1.87. The Labute approximate surface area is 174 Å². The SMILES string of the molecule is CCN1C=[N+](CC)[C@H](c2ccc(O)cc2Cl)[C@@H]1c1ccc(O)cc1Cl.[Br-]. The quantitative estimate of drug-likeness (QED) is 0.682. The van der Waals surface area contributed by atoms with E-state index in [2.05, 4.69) is 29.7 Å². The fraction of sp³-hybridized carbons (Fsp3) is 0.316. The van der Waals surface area contributed by atoms with Crippen LogP contribution < -0.4 is 17.0 Å². The minimum Gasteiger partial charge on any atom is -1.00 e. The van der Waals surface area contributed by atoms with Crippen LogP contribution in [0, 0.1) is 0 Å². The fourth-order valence-corrected chi connectivity index (χ4v) is 4.04. The summed E-state index contributed by atoms with van der Waals surface area (Å²) in [6.45, 7) is 5.80. The van der Waals surface area contributed by atoms with Crippen LogP contribution in [-0.2, 0) is 0 Å². The van der Waals surface area contributed by atoms with Gasteiger partial charge >= 0.3 is 0 Å². The second-order valence-corrected chi connectivity index (χ2v) is 6.89. The minimum atomic E-state index is -0.0416. The zero-order valence-corrected chi connectivity index (χ0v) is 17.6. The second-order valence-electron chi connectivity index (χ2n) is 6.08. The molecule has 0 aliphatic carbocycles. The van der Waals surface area contributed by atoms with Crippen LogP contribution in [0.25, 0.3) is 0 Å². The Morgan fingerprint density at radius 2 is 1.50 bits per heavy atom. The number of halogens is 3. The van der Waals surface area contributed by atoms with Crippen molar-refractivity contribution in [1.82, 2.24) is 4.90 Å². The molecule has 0 aromatic heterocycles. The van der Waals surface area contributed by atoms with Gasteiger partial charge in [0.25, 0.3) is 0 Å². The van der Waals surface area contributed by atoms with Gasteiger partial charge in [0.15, 0.2) is 12.1 Å². The van der Waals surface area contributed by atoms with Crippen molar-refractivity contribution in [1.29, 1.82) is 0 Å². The van der Waals surface area contributed by atoms with E-state index in [1.807, 2.05) is 12.1 Å². The third kappa shape index (κ3) is 3.80. The predicted octanol–water partition coefficient (Wildman–Crippen LogP) is 1.59. The van der Waals surface area contributed by atoms with Gasteiger partial charge in [-0.15, -0.1) is 0 Å². The second kappa shape index (κ2) is 8.51. The van der Waals surface area contributed by atoms with Crippen molar-refractivity contribution in [3.8, 4) is 11.5 Å². The highest BCUT2D eigenvalue weighted by Gasteiger charge is 2.44. The number of hydrogen-bond acceptors (Lipinski definition) is 3. The summed E-state index contributed by atoms with van der Waals surface area (Å²) in [5.74, 6) is 0.288. The molecule has 2 N–H and O–H groups in total. The highest BCUT2D eigenvalue weighted by molar-refractivity contribution is 6.32. The van der Waals surface area contributed by atoms with Crippen molar-refractivity contribution in [2.45, 2.75) is 25.9 Å². The molecule has 1 heterocycles. The Hall–Kier alpha value is -1.43. The van der Waals surface area contributed by atoms with E-state index in [-0.39, 0.29) is 40.6 Å². The molecule has 0 unspecified atom stereocenters. The average molecular weight is 460 g/mol. The lowest BCUT2D eigenvalue weighted by Gasteiger charge is -2.25. The number of benzene rings is 2. The van der Waals surface area contributed by atoms with Crippen LogP contribution in [0.3, 0.4) is 0 Å². The molecule has 0 spiro atoms. The number of likely N-dealkylation sites (N-methyl/N-ethyl adjacent to an activating group) is 2. The van der Waals surface area contributed by atoms with Gasteiger partial charge in [0.2, 0.25) is 6.34 Å². The van der Waals surface area contributed by atoms with Crippen molar-refractivity contribution in [3.63, 3.8) is 0 Å². The summed E-state index contributed by atoms with van der Waals surface area (Å²) in [6.07, 6.45) is 2.10. The normalized spacial score (nSPS) is 19.2. The van der Waals surface area contributed by atoms with E-state index in [1.165, 1.54) is 0 Å². The van der Waals surface area contributed by atoms with Gasteiger partial charge in [0.05, 0.1) is 23.1 Å². The van der Waals surface area contributed by atoms with Gasteiger partial charge in [-0.2, -0.15) is 0 Å². The summed E-state index contributed by atoms with van der Waals surface area (Å²) in [7, 11) is 0. The average Bonchev–Trinajstić information content (AvgIpc) is 2.93. The standard InChI is InChI=1S/C19H20Cl2N2O2.BrH/c1-3-22-11-23(4-2)19(15-8-6-13(25)10-17(15)21)18(22)14-7-5-12(24)9-16(14)20;/h5-11,18-19H,3-4H2,1-2H3,(H-,24,25);1H/t18-,19+;. The van der Waals surface area contributed by atoms with Gasteiger partial charge in [-0.3, -0.25) is 9.48 Å². The summed E-state index contributed by atoms with van der Waals surface area (Å²) in [5, 5.41) is 20.4. The number of rotatable bonds is 4. The van der Waals surface area contributed by atoms with E-state index in [0.29, 0.717) is 10.0 Å². The molecule has 4 nitrogen and oxygen atoms in total. The number of aromatic hydroxyl groups is 2. The summed E-state index contributed by atoms with van der Waals surface area (Å²) >= 11 is 12.9. The number of phenolic OH excluding ortho intramolecular Hbond substituents is 2. The Balaban J connectivity index is 0.00000243. The first kappa shape index (κ1) is 20.9. The first-order valence-electron chi connectivity index (χ1n) is 8.29. The van der Waals surface area contributed by atoms with Crippen molar-refractivity contribution in [3.05, 3.63) is 57.6 Å². The molecule has 140 valence electrons. The maximum Gasteiger partial charge on any atom is 0.235 e. The molecule has 7 heteroatoms. The van der Waals surface area contributed by atoms with E-state index in [0.717, 1.165) is 24.2 Å². The molecule has 1 aliphatic rings. The highest BCUT2D eigenvalue weighted by Crippen LogP contribution is 2.45. The molecule has 0 amide bonds. The predicted molar refractivity (Wildman–Crippen MR) is 101 cm³/mol. The van der Waals surface area contributed by atoms with Crippen LogP contribution in [0.1, 0.15) is 37.1 Å². The van der Waals surface area contributed by atoms with Crippen molar-refractivity contribution < 1.29 is 31.8 Å². The van der Waals surface area contributed by atoms with Crippen molar-refractivity contribution >= 4 is 29.5 Å². The van der Waals surface area contributed by atoms with Crippen LogP contribution in [0.4, 0.5) is 0 Å². The smallest absolute Gasteiger partial charge is 0.235 e. The molecule has 0 saturated heterocycles. The number of hydrogen-bond donors (Lipinski definition) is 2. The molecule has 26 heavy (non-hydrogen) atoms. The van der Waals surface area contributed by atoms with Gasteiger partial charge in [0, 0.05) is 11.1 Å². The van der Waals surface area contributed by atoms with Crippen LogP contribution in [0.5, 0.6) is 11.5 Å². The van der Waals surface area contributed by atoms with Crippen LogP contribution in [0.2, 0.25) is 10.0 Å². The molecule has 0 bridgehead atoms. The molecule has 2 aromatic carbocycles. The fourth-order valence-electron chi connectivity index (χ4n) is 3.46. The van der Waals surface area contributed by atoms with Crippen LogP contribution >= 0.6 is 23.2 Å². The molecule has 0 fully saturated rings. The summed E-state index contributed by atoms with van der Waals surface area (Å²) < 4.78 is 2.22.